The van der Waals surface area contributed by atoms with Crippen molar-refractivity contribution in [1.82, 2.24) is 10.2 Å². The van der Waals surface area contributed by atoms with Crippen molar-refractivity contribution in [1.29, 1.82) is 0 Å². The predicted molar refractivity (Wildman–Crippen MR) is 148 cm³/mol. The molecule has 1 aliphatic rings. The summed E-state index contributed by atoms with van der Waals surface area (Å²) in [5.41, 5.74) is 4.28. The lowest BCUT2D eigenvalue weighted by Crippen LogP contribution is -2.50. The lowest BCUT2D eigenvalue weighted by molar-refractivity contribution is 0.182. The molecule has 0 radical (unpaired) electrons. The van der Waals surface area contributed by atoms with Gasteiger partial charge in [0.2, 0.25) is 0 Å². The number of amides is 2. The summed E-state index contributed by atoms with van der Waals surface area (Å²) < 4.78 is 5.65. The molecule has 1 heterocycles. The number of para-hydroxylation sites is 3. The lowest BCUT2D eigenvalue weighted by atomic mass is 10.0. The van der Waals surface area contributed by atoms with E-state index in [1.807, 2.05) is 45.3 Å². The summed E-state index contributed by atoms with van der Waals surface area (Å²) in [7, 11) is 4.09. The Kier molecular flexibility index (Phi) is 8.68. The molecule has 3 aromatic rings. The van der Waals surface area contributed by atoms with Crippen LogP contribution in [0.15, 0.2) is 78.9 Å². The summed E-state index contributed by atoms with van der Waals surface area (Å²) in [6, 6.07) is 26.5. The fourth-order valence-electron chi connectivity index (χ4n) is 4.59. The molecule has 4 rings (SSSR count). The normalized spacial score (nSPS) is 14.7. The van der Waals surface area contributed by atoms with E-state index in [0.717, 1.165) is 31.9 Å². The van der Waals surface area contributed by atoms with Crippen molar-refractivity contribution < 1.29 is 9.53 Å². The minimum atomic E-state index is -0.236. The van der Waals surface area contributed by atoms with Crippen LogP contribution in [0.1, 0.15) is 18.5 Å². The van der Waals surface area contributed by atoms with Crippen LogP contribution < -0.4 is 25.2 Å². The number of carbonyl (C=O) groups is 1. The maximum Gasteiger partial charge on any atom is 0.319 e. The summed E-state index contributed by atoms with van der Waals surface area (Å²) in [6.07, 6.45) is 0. The second-order valence-electron chi connectivity index (χ2n) is 9.12. The van der Waals surface area contributed by atoms with Gasteiger partial charge in [-0.1, -0.05) is 42.5 Å². The molecule has 36 heavy (non-hydrogen) atoms. The average molecular weight is 488 g/mol. The van der Waals surface area contributed by atoms with Gasteiger partial charge in [-0.15, -0.1) is 0 Å². The van der Waals surface area contributed by atoms with Crippen LogP contribution >= 0.6 is 0 Å². The number of urea groups is 1. The van der Waals surface area contributed by atoms with Crippen LogP contribution in [0.3, 0.4) is 0 Å². The molecule has 1 saturated heterocycles. The number of piperazine rings is 1. The summed E-state index contributed by atoms with van der Waals surface area (Å²) in [5.74, 6) is 0.669. The van der Waals surface area contributed by atoms with Gasteiger partial charge in [-0.3, -0.25) is 4.90 Å². The molecule has 0 saturated carbocycles. The van der Waals surface area contributed by atoms with Crippen LogP contribution in [0.2, 0.25) is 0 Å². The Morgan fingerprint density at radius 3 is 2.25 bits per heavy atom. The second kappa shape index (κ2) is 12.3. The number of hydrogen-bond acceptors (Lipinski definition) is 5. The molecule has 1 fully saturated rings. The van der Waals surface area contributed by atoms with Crippen molar-refractivity contribution in [2.75, 3.05) is 68.5 Å². The maximum atomic E-state index is 12.9. The van der Waals surface area contributed by atoms with Gasteiger partial charge in [0, 0.05) is 58.2 Å². The number of rotatable bonds is 9. The largest absolute Gasteiger partial charge is 0.492 e. The molecule has 0 aromatic heterocycles. The van der Waals surface area contributed by atoms with E-state index < -0.39 is 0 Å². The number of carbonyl (C=O) groups excluding carboxylic acids is 1. The first-order chi connectivity index (χ1) is 17.5. The molecule has 190 valence electrons. The molecule has 2 N–H and O–H groups in total. The van der Waals surface area contributed by atoms with Crippen LogP contribution in [0.4, 0.5) is 21.9 Å². The fraction of sp³-hybridized carbons (Fsp3) is 0.345. The Morgan fingerprint density at radius 1 is 0.917 bits per heavy atom. The topological polar surface area (TPSA) is 60.1 Å². The maximum absolute atomic E-state index is 12.9. The first-order valence-corrected chi connectivity index (χ1v) is 12.6. The molecule has 0 spiro atoms. The van der Waals surface area contributed by atoms with E-state index in [9.17, 15) is 4.79 Å². The molecule has 7 nitrogen and oxygen atoms in total. The van der Waals surface area contributed by atoms with Crippen LogP contribution in [0.25, 0.3) is 0 Å². The molecule has 2 amide bonds. The van der Waals surface area contributed by atoms with Gasteiger partial charge in [-0.2, -0.15) is 0 Å². The van der Waals surface area contributed by atoms with Crippen LogP contribution in [0, 0.1) is 0 Å². The number of nitrogens with zero attached hydrogens (tertiary/aromatic N) is 3. The van der Waals surface area contributed by atoms with Crippen molar-refractivity contribution in [2.45, 2.75) is 13.0 Å². The van der Waals surface area contributed by atoms with E-state index in [4.69, 9.17) is 4.74 Å². The molecule has 0 aliphatic carbocycles. The molecule has 1 atom stereocenters. The highest BCUT2D eigenvalue weighted by Crippen LogP contribution is 2.26. The summed E-state index contributed by atoms with van der Waals surface area (Å²) in [6.45, 7) is 6.72. The van der Waals surface area contributed by atoms with Crippen molar-refractivity contribution in [3.63, 3.8) is 0 Å². The zero-order valence-electron chi connectivity index (χ0n) is 21.5. The zero-order chi connectivity index (χ0) is 25.3. The van der Waals surface area contributed by atoms with Crippen molar-refractivity contribution in [2.24, 2.45) is 0 Å². The summed E-state index contributed by atoms with van der Waals surface area (Å²) in [5, 5.41) is 6.05. The number of benzene rings is 3. The third-order valence-electron chi connectivity index (χ3n) is 6.56. The summed E-state index contributed by atoms with van der Waals surface area (Å²) >= 11 is 0. The highest BCUT2D eigenvalue weighted by Gasteiger charge is 2.26. The van der Waals surface area contributed by atoms with Gasteiger partial charge in [0.05, 0.1) is 18.3 Å². The van der Waals surface area contributed by atoms with Gasteiger partial charge >= 0.3 is 6.03 Å². The minimum Gasteiger partial charge on any atom is -0.492 e. The van der Waals surface area contributed by atoms with Gasteiger partial charge < -0.3 is 25.2 Å². The smallest absolute Gasteiger partial charge is 0.319 e. The van der Waals surface area contributed by atoms with E-state index in [1.165, 1.54) is 11.3 Å². The van der Waals surface area contributed by atoms with E-state index >= 15 is 0 Å². The Bertz CT molecular complexity index is 1100. The van der Waals surface area contributed by atoms with E-state index in [1.54, 1.807) is 0 Å². The molecule has 0 bridgehead atoms. The molecule has 7 heteroatoms. The minimum absolute atomic E-state index is 0.0759. The van der Waals surface area contributed by atoms with E-state index in [2.05, 4.69) is 79.9 Å². The number of nitrogens with one attached hydrogen (secondary N) is 2. The van der Waals surface area contributed by atoms with Gasteiger partial charge in [0.15, 0.2) is 0 Å². The van der Waals surface area contributed by atoms with Crippen LogP contribution in [-0.2, 0) is 0 Å². The third kappa shape index (κ3) is 6.49. The number of anilines is 3. The van der Waals surface area contributed by atoms with Gasteiger partial charge in [-0.05, 0) is 48.9 Å². The molecule has 1 aliphatic heterocycles. The monoisotopic (exact) mass is 487 g/mol. The highest BCUT2D eigenvalue weighted by molar-refractivity contribution is 5.90. The highest BCUT2D eigenvalue weighted by atomic mass is 16.5. The van der Waals surface area contributed by atoms with Gasteiger partial charge in [0.1, 0.15) is 5.75 Å². The Morgan fingerprint density at radius 2 is 1.58 bits per heavy atom. The first kappa shape index (κ1) is 25.4. The second-order valence-corrected chi connectivity index (χ2v) is 9.12. The van der Waals surface area contributed by atoms with Crippen LogP contribution in [0.5, 0.6) is 5.75 Å². The van der Waals surface area contributed by atoms with Crippen LogP contribution in [-0.4, -0.2) is 64.4 Å². The SMILES string of the molecule is CCOc1ccccc1NC(=O)NCC(c1ccc(N(C)C)cc1)N1CCN(c2ccccc2)CC1. The summed E-state index contributed by atoms with van der Waals surface area (Å²) in [4.78, 5) is 19.8. The molecular weight excluding hydrogens is 450 g/mol. The number of ether oxygens (including phenoxy) is 1. The van der Waals surface area contributed by atoms with Crippen molar-refractivity contribution in [3.05, 3.63) is 84.4 Å². The van der Waals surface area contributed by atoms with E-state index in [-0.39, 0.29) is 12.1 Å². The Labute approximate surface area is 214 Å². The Balaban J connectivity index is 1.44. The average Bonchev–Trinajstić information content (AvgIpc) is 2.91. The quantitative estimate of drug-likeness (QED) is 0.453. The third-order valence-corrected chi connectivity index (χ3v) is 6.56. The fourth-order valence-corrected chi connectivity index (χ4v) is 4.59. The molecular formula is C29H37N5O2. The zero-order valence-corrected chi connectivity index (χ0v) is 21.5. The van der Waals surface area contributed by atoms with Gasteiger partial charge in [-0.25, -0.2) is 4.79 Å². The standard InChI is InChI=1S/C29H37N5O2/c1-4-36-28-13-9-8-12-26(28)31-29(35)30-22-27(23-14-16-24(17-15-23)32(2)3)34-20-18-33(19-21-34)25-10-6-5-7-11-25/h5-17,27H,4,18-22H2,1-3H3,(H2,30,31,35). The van der Waals surface area contributed by atoms with E-state index in [0.29, 0.717) is 24.6 Å². The van der Waals surface area contributed by atoms with Crippen molar-refractivity contribution >= 4 is 23.1 Å². The van der Waals surface area contributed by atoms with Gasteiger partial charge in [0.25, 0.3) is 0 Å². The van der Waals surface area contributed by atoms with Crippen molar-refractivity contribution in [3.8, 4) is 5.75 Å². The lowest BCUT2D eigenvalue weighted by Gasteiger charge is -2.40. The molecule has 1 unspecified atom stereocenters. The first-order valence-electron chi connectivity index (χ1n) is 12.6. The molecule has 3 aromatic carbocycles. The Hall–Kier alpha value is -3.71. The predicted octanol–water partition coefficient (Wildman–Crippen LogP) is 4.84. The number of hydrogen-bond donors (Lipinski definition) is 2.